The van der Waals surface area contributed by atoms with Gasteiger partial charge in [0.15, 0.2) is 24.1 Å². The third-order valence-electron chi connectivity index (χ3n) is 4.39. The van der Waals surface area contributed by atoms with Gasteiger partial charge in [-0.15, -0.1) is 0 Å². The van der Waals surface area contributed by atoms with Crippen molar-refractivity contribution in [1.29, 1.82) is 0 Å². The summed E-state index contributed by atoms with van der Waals surface area (Å²) in [5.41, 5.74) is 1.76. The maximum atomic E-state index is 14.0. The highest BCUT2D eigenvalue weighted by Crippen LogP contribution is 2.19. The Morgan fingerprint density at radius 1 is 1.10 bits per heavy atom. The summed E-state index contributed by atoms with van der Waals surface area (Å²) in [7, 11) is 3.34. The first-order valence-electron chi connectivity index (χ1n) is 10.3. The van der Waals surface area contributed by atoms with Gasteiger partial charge in [-0.05, 0) is 49.2 Å². The van der Waals surface area contributed by atoms with Crippen LogP contribution in [0.1, 0.15) is 25.0 Å². The molecule has 168 valence electrons. The quantitative estimate of drug-likeness (QED) is 0.448. The number of carbonyl (C=O) groups is 1. The largest absolute Gasteiger partial charge is 0.494 e. The molecule has 0 saturated heterocycles. The predicted octanol–water partition coefficient (Wildman–Crippen LogP) is 2.95. The fourth-order valence-electron chi connectivity index (χ4n) is 2.92. The van der Waals surface area contributed by atoms with E-state index in [0.29, 0.717) is 37.9 Å². The Balaban J connectivity index is 2.04. The second kappa shape index (κ2) is 12.4. The van der Waals surface area contributed by atoms with Crippen LogP contribution in [-0.2, 0) is 17.9 Å². The molecule has 31 heavy (non-hydrogen) atoms. The Bertz CT molecular complexity index is 889. The molecule has 0 spiro atoms. The smallest absolute Gasteiger partial charge is 0.257 e. The van der Waals surface area contributed by atoms with E-state index in [1.54, 1.807) is 6.07 Å². The SMILES string of the molecule is CCNC(=O)COc1cccc(CN=C(NCC)N(C)Cc2ccc(OC)c(F)c2)c1. The van der Waals surface area contributed by atoms with Gasteiger partial charge in [0.2, 0.25) is 0 Å². The summed E-state index contributed by atoms with van der Waals surface area (Å²) in [6.45, 7) is 6.03. The highest BCUT2D eigenvalue weighted by atomic mass is 19.1. The van der Waals surface area contributed by atoms with E-state index in [1.807, 2.05) is 56.1 Å². The number of aliphatic imine (C=N–C) groups is 1. The van der Waals surface area contributed by atoms with Crippen LogP contribution in [0.3, 0.4) is 0 Å². The first kappa shape index (κ1) is 24.0. The van der Waals surface area contributed by atoms with Crippen LogP contribution >= 0.6 is 0 Å². The van der Waals surface area contributed by atoms with Gasteiger partial charge >= 0.3 is 0 Å². The molecule has 8 heteroatoms. The average Bonchev–Trinajstić information content (AvgIpc) is 2.76. The van der Waals surface area contributed by atoms with Gasteiger partial charge < -0.3 is 25.0 Å². The van der Waals surface area contributed by atoms with E-state index < -0.39 is 0 Å². The number of guanidine groups is 1. The molecule has 0 atom stereocenters. The molecule has 0 radical (unpaired) electrons. The Morgan fingerprint density at radius 3 is 2.55 bits per heavy atom. The molecule has 0 aliphatic carbocycles. The predicted molar refractivity (Wildman–Crippen MR) is 120 cm³/mol. The molecule has 0 aromatic heterocycles. The first-order chi connectivity index (χ1) is 15.0. The molecule has 0 heterocycles. The Kier molecular flexibility index (Phi) is 9.61. The molecule has 0 saturated carbocycles. The second-order valence-electron chi connectivity index (χ2n) is 6.88. The summed E-state index contributed by atoms with van der Waals surface area (Å²) < 4.78 is 24.5. The van der Waals surface area contributed by atoms with Crippen LogP contribution in [0.5, 0.6) is 11.5 Å². The lowest BCUT2D eigenvalue weighted by Gasteiger charge is -2.22. The van der Waals surface area contributed by atoms with Crippen molar-refractivity contribution in [3.8, 4) is 11.5 Å². The second-order valence-corrected chi connectivity index (χ2v) is 6.88. The standard InChI is InChI=1S/C23H31FN4O3/c1-5-25-22(29)16-31-19-9-7-8-17(12-19)14-27-23(26-6-2)28(3)15-18-10-11-21(30-4)20(24)13-18/h7-13H,5-6,14-16H2,1-4H3,(H,25,29)(H,26,27). The number of carbonyl (C=O) groups excluding carboxylic acids is 1. The van der Waals surface area contributed by atoms with Crippen molar-refractivity contribution in [2.24, 2.45) is 4.99 Å². The summed E-state index contributed by atoms with van der Waals surface area (Å²) in [6, 6.07) is 12.4. The number of hydrogen-bond donors (Lipinski definition) is 2. The first-order valence-corrected chi connectivity index (χ1v) is 10.3. The fourth-order valence-corrected chi connectivity index (χ4v) is 2.92. The normalized spacial score (nSPS) is 11.1. The summed E-state index contributed by atoms with van der Waals surface area (Å²) in [4.78, 5) is 18.2. The van der Waals surface area contributed by atoms with Crippen molar-refractivity contribution >= 4 is 11.9 Å². The topological polar surface area (TPSA) is 75.2 Å². The third-order valence-corrected chi connectivity index (χ3v) is 4.39. The number of nitrogens with one attached hydrogen (secondary N) is 2. The van der Waals surface area contributed by atoms with Gasteiger partial charge in [0.05, 0.1) is 13.7 Å². The van der Waals surface area contributed by atoms with E-state index in [-0.39, 0.29) is 24.1 Å². The van der Waals surface area contributed by atoms with Crippen molar-refractivity contribution in [1.82, 2.24) is 15.5 Å². The number of amides is 1. The van der Waals surface area contributed by atoms with Gasteiger partial charge in [-0.1, -0.05) is 18.2 Å². The highest BCUT2D eigenvalue weighted by molar-refractivity contribution is 5.79. The number of rotatable bonds is 10. The monoisotopic (exact) mass is 430 g/mol. The van der Waals surface area contributed by atoms with Gasteiger partial charge in [0.25, 0.3) is 5.91 Å². The molecular formula is C23H31FN4O3. The van der Waals surface area contributed by atoms with Crippen molar-refractivity contribution in [2.75, 3.05) is 33.9 Å². The number of benzene rings is 2. The zero-order valence-corrected chi connectivity index (χ0v) is 18.6. The zero-order chi connectivity index (χ0) is 22.6. The van der Waals surface area contributed by atoms with E-state index in [4.69, 9.17) is 9.47 Å². The summed E-state index contributed by atoms with van der Waals surface area (Å²) in [5.74, 6) is 0.997. The highest BCUT2D eigenvalue weighted by Gasteiger charge is 2.10. The molecule has 2 aromatic rings. The van der Waals surface area contributed by atoms with Gasteiger partial charge in [-0.2, -0.15) is 0 Å². The minimum atomic E-state index is -0.389. The molecule has 0 aliphatic heterocycles. The lowest BCUT2D eigenvalue weighted by Crippen LogP contribution is -2.38. The average molecular weight is 431 g/mol. The van der Waals surface area contributed by atoms with Crippen LogP contribution < -0.4 is 20.1 Å². The minimum Gasteiger partial charge on any atom is -0.494 e. The number of likely N-dealkylation sites (N-methyl/N-ethyl adjacent to an activating group) is 1. The lowest BCUT2D eigenvalue weighted by atomic mass is 10.2. The molecule has 2 rings (SSSR count). The third kappa shape index (κ3) is 7.81. The summed E-state index contributed by atoms with van der Waals surface area (Å²) in [5, 5.41) is 5.95. The van der Waals surface area contributed by atoms with Crippen LogP contribution in [0.2, 0.25) is 0 Å². The van der Waals surface area contributed by atoms with E-state index in [1.165, 1.54) is 13.2 Å². The minimum absolute atomic E-state index is 0.0235. The van der Waals surface area contributed by atoms with E-state index >= 15 is 0 Å². The molecule has 0 bridgehead atoms. The number of hydrogen-bond acceptors (Lipinski definition) is 4. The molecule has 7 nitrogen and oxygen atoms in total. The van der Waals surface area contributed by atoms with Crippen LogP contribution in [0, 0.1) is 5.82 Å². The zero-order valence-electron chi connectivity index (χ0n) is 18.6. The van der Waals surface area contributed by atoms with Crippen molar-refractivity contribution in [3.05, 3.63) is 59.4 Å². The van der Waals surface area contributed by atoms with Crippen molar-refractivity contribution in [2.45, 2.75) is 26.9 Å². The van der Waals surface area contributed by atoms with Gasteiger partial charge in [-0.3, -0.25) is 4.79 Å². The Hall–Kier alpha value is -3.29. The summed E-state index contributed by atoms with van der Waals surface area (Å²) >= 11 is 0. The molecular weight excluding hydrogens is 399 g/mol. The van der Waals surface area contributed by atoms with Crippen LogP contribution in [0.15, 0.2) is 47.5 Å². The molecule has 0 unspecified atom stereocenters. The van der Waals surface area contributed by atoms with Crippen molar-refractivity contribution in [3.63, 3.8) is 0 Å². The summed E-state index contributed by atoms with van der Waals surface area (Å²) in [6.07, 6.45) is 0. The van der Waals surface area contributed by atoms with Gasteiger partial charge in [0, 0.05) is 26.7 Å². The van der Waals surface area contributed by atoms with E-state index in [2.05, 4.69) is 15.6 Å². The number of methoxy groups -OCH3 is 1. The Morgan fingerprint density at radius 2 is 1.87 bits per heavy atom. The van der Waals surface area contributed by atoms with Crippen LogP contribution in [0.25, 0.3) is 0 Å². The molecule has 0 fully saturated rings. The van der Waals surface area contributed by atoms with Crippen LogP contribution in [-0.4, -0.2) is 50.6 Å². The maximum absolute atomic E-state index is 14.0. The lowest BCUT2D eigenvalue weighted by molar-refractivity contribution is -0.122. The number of halogens is 1. The van der Waals surface area contributed by atoms with Crippen molar-refractivity contribution < 1.29 is 18.7 Å². The Labute approximate surface area is 183 Å². The molecule has 0 aliphatic rings. The van der Waals surface area contributed by atoms with Crippen LogP contribution in [0.4, 0.5) is 4.39 Å². The molecule has 1 amide bonds. The van der Waals surface area contributed by atoms with E-state index in [9.17, 15) is 9.18 Å². The number of ether oxygens (including phenoxy) is 2. The molecule has 2 N–H and O–H groups in total. The maximum Gasteiger partial charge on any atom is 0.257 e. The van der Waals surface area contributed by atoms with Gasteiger partial charge in [-0.25, -0.2) is 9.38 Å². The van der Waals surface area contributed by atoms with Gasteiger partial charge in [0.1, 0.15) is 5.75 Å². The fraction of sp³-hybridized carbons (Fsp3) is 0.391. The molecule has 2 aromatic carbocycles. The number of nitrogens with zero attached hydrogens (tertiary/aromatic N) is 2. The van der Waals surface area contributed by atoms with E-state index in [0.717, 1.165) is 11.1 Å².